The smallest absolute Gasteiger partial charge is 0.326 e. The van der Waals surface area contributed by atoms with Crippen molar-refractivity contribution in [1.82, 2.24) is 10.2 Å². The van der Waals surface area contributed by atoms with Gasteiger partial charge in [0, 0.05) is 6.54 Å². The van der Waals surface area contributed by atoms with Crippen LogP contribution in [0.1, 0.15) is 34.1 Å². The van der Waals surface area contributed by atoms with E-state index in [1.54, 1.807) is 11.8 Å². The molecule has 1 aliphatic heterocycles. The summed E-state index contributed by atoms with van der Waals surface area (Å²) in [4.78, 5) is 24.5. The minimum absolute atomic E-state index is 0.0515. The lowest BCUT2D eigenvalue weighted by atomic mass is 10.1. The van der Waals surface area contributed by atoms with Crippen molar-refractivity contribution in [2.45, 2.75) is 51.9 Å². The molecule has 6 heteroatoms. The predicted octanol–water partition coefficient (Wildman–Crippen LogP) is 1.06. The fourth-order valence-electron chi connectivity index (χ4n) is 2.19. The maximum atomic E-state index is 12.0. The second-order valence-corrected chi connectivity index (χ2v) is 5.32. The van der Waals surface area contributed by atoms with Crippen molar-refractivity contribution in [1.29, 1.82) is 0 Å². The number of hydrogen-bond donors (Lipinski definition) is 2. The molecule has 6 nitrogen and oxygen atoms in total. The Kier molecular flexibility index (Phi) is 4.56. The van der Waals surface area contributed by atoms with Crippen molar-refractivity contribution in [2.75, 3.05) is 13.1 Å². The Morgan fingerprint density at radius 2 is 2.17 bits per heavy atom. The molecule has 0 spiro atoms. The number of carbonyl (C=O) groups is 2. The number of carboxylic acid groups (broad SMARTS) is 1. The molecule has 0 aliphatic carbocycles. The van der Waals surface area contributed by atoms with Crippen LogP contribution in [0.3, 0.4) is 0 Å². The first kappa shape index (κ1) is 14.8. The lowest BCUT2D eigenvalue weighted by molar-refractivity contribution is -0.139. The van der Waals surface area contributed by atoms with Crippen LogP contribution in [0.2, 0.25) is 0 Å². The third kappa shape index (κ3) is 3.87. The Morgan fingerprint density at radius 1 is 1.56 bits per heavy atom. The van der Waals surface area contributed by atoms with Gasteiger partial charge in [0.05, 0.1) is 18.2 Å². The Hall–Kier alpha value is -1.30. The lowest BCUT2D eigenvalue weighted by Gasteiger charge is -2.41. The van der Waals surface area contributed by atoms with E-state index in [1.807, 2.05) is 20.8 Å². The summed E-state index contributed by atoms with van der Waals surface area (Å²) < 4.78 is 5.69. The quantitative estimate of drug-likeness (QED) is 0.793. The normalized spacial score (nSPS) is 24.4. The van der Waals surface area contributed by atoms with Crippen LogP contribution in [0.25, 0.3) is 0 Å². The standard InChI is InChI=1S/C12H22N2O4/c1-5-9(10(15)16)13-11(17)14-6-8(2)18-12(3,4)7-14/h8-9H,5-7H2,1-4H3,(H,13,17)(H,15,16)/t8?,9-/m0/s1. The average Bonchev–Trinajstić information content (AvgIpc) is 2.22. The van der Waals surface area contributed by atoms with Crippen molar-refractivity contribution in [3.8, 4) is 0 Å². The highest BCUT2D eigenvalue weighted by atomic mass is 16.5. The fraction of sp³-hybridized carbons (Fsp3) is 0.833. The minimum Gasteiger partial charge on any atom is -0.480 e. The van der Waals surface area contributed by atoms with Crippen molar-refractivity contribution >= 4 is 12.0 Å². The van der Waals surface area contributed by atoms with Gasteiger partial charge in [-0.3, -0.25) is 0 Å². The van der Waals surface area contributed by atoms with Crippen molar-refractivity contribution < 1.29 is 19.4 Å². The number of hydrogen-bond acceptors (Lipinski definition) is 3. The van der Waals surface area contributed by atoms with E-state index in [0.717, 1.165) is 0 Å². The Labute approximate surface area is 107 Å². The molecule has 104 valence electrons. The van der Waals surface area contributed by atoms with E-state index < -0.39 is 17.6 Å². The lowest BCUT2D eigenvalue weighted by Crippen LogP contribution is -2.58. The summed E-state index contributed by atoms with van der Waals surface area (Å²) in [5.41, 5.74) is -0.403. The Morgan fingerprint density at radius 3 is 2.61 bits per heavy atom. The number of amides is 2. The SMILES string of the molecule is CC[C@H](NC(=O)N1CC(C)OC(C)(C)C1)C(=O)O. The topological polar surface area (TPSA) is 78.9 Å². The van der Waals surface area contributed by atoms with Crippen LogP contribution in [0, 0.1) is 0 Å². The molecule has 0 aromatic carbocycles. The van der Waals surface area contributed by atoms with E-state index in [1.165, 1.54) is 0 Å². The van der Waals surface area contributed by atoms with Crippen LogP contribution >= 0.6 is 0 Å². The molecule has 1 fully saturated rings. The summed E-state index contributed by atoms with van der Waals surface area (Å²) in [5, 5.41) is 11.4. The third-order valence-electron chi connectivity index (χ3n) is 2.86. The Bertz CT molecular complexity index is 330. The van der Waals surface area contributed by atoms with E-state index in [4.69, 9.17) is 9.84 Å². The molecule has 1 unspecified atom stereocenters. The number of rotatable bonds is 3. The van der Waals surface area contributed by atoms with E-state index in [2.05, 4.69) is 5.32 Å². The number of nitrogens with one attached hydrogen (secondary N) is 1. The number of carboxylic acids is 1. The third-order valence-corrected chi connectivity index (χ3v) is 2.86. The molecule has 18 heavy (non-hydrogen) atoms. The number of ether oxygens (including phenoxy) is 1. The fourth-order valence-corrected chi connectivity index (χ4v) is 2.19. The van der Waals surface area contributed by atoms with E-state index >= 15 is 0 Å². The second kappa shape index (κ2) is 5.56. The van der Waals surface area contributed by atoms with Crippen LogP contribution < -0.4 is 5.32 Å². The molecular weight excluding hydrogens is 236 g/mol. The molecule has 0 aromatic heterocycles. The largest absolute Gasteiger partial charge is 0.480 e. The monoisotopic (exact) mass is 258 g/mol. The van der Waals surface area contributed by atoms with Gasteiger partial charge < -0.3 is 20.1 Å². The number of nitrogens with zero attached hydrogens (tertiary/aromatic N) is 1. The van der Waals surface area contributed by atoms with Gasteiger partial charge in [-0.05, 0) is 27.2 Å². The van der Waals surface area contributed by atoms with Crippen LogP contribution in [0.15, 0.2) is 0 Å². The van der Waals surface area contributed by atoms with E-state index in [-0.39, 0.29) is 12.1 Å². The zero-order chi connectivity index (χ0) is 13.9. The molecule has 1 saturated heterocycles. The summed E-state index contributed by atoms with van der Waals surface area (Å²) in [6.07, 6.45) is 0.314. The molecule has 0 radical (unpaired) electrons. The van der Waals surface area contributed by atoms with Gasteiger partial charge in [0.25, 0.3) is 0 Å². The number of morpholine rings is 1. The molecule has 2 atom stereocenters. The van der Waals surface area contributed by atoms with Crippen molar-refractivity contribution in [3.05, 3.63) is 0 Å². The van der Waals surface area contributed by atoms with Gasteiger partial charge in [0.2, 0.25) is 0 Å². The zero-order valence-electron chi connectivity index (χ0n) is 11.4. The maximum Gasteiger partial charge on any atom is 0.326 e. The van der Waals surface area contributed by atoms with Gasteiger partial charge in [-0.25, -0.2) is 9.59 Å². The number of aliphatic carboxylic acids is 1. The van der Waals surface area contributed by atoms with Gasteiger partial charge >= 0.3 is 12.0 Å². The first-order chi connectivity index (χ1) is 8.25. The molecular formula is C12H22N2O4. The highest BCUT2D eigenvalue weighted by Crippen LogP contribution is 2.20. The molecule has 0 bridgehead atoms. The van der Waals surface area contributed by atoms with Crippen LogP contribution in [-0.2, 0) is 9.53 Å². The second-order valence-electron chi connectivity index (χ2n) is 5.32. The van der Waals surface area contributed by atoms with Gasteiger partial charge in [0.1, 0.15) is 6.04 Å². The zero-order valence-corrected chi connectivity index (χ0v) is 11.4. The minimum atomic E-state index is -1.01. The van der Waals surface area contributed by atoms with Crippen LogP contribution in [-0.4, -0.2) is 52.8 Å². The van der Waals surface area contributed by atoms with Gasteiger partial charge in [-0.2, -0.15) is 0 Å². The Balaban J connectivity index is 2.63. The summed E-state index contributed by atoms with van der Waals surface area (Å²) in [7, 11) is 0. The summed E-state index contributed by atoms with van der Waals surface area (Å²) in [6.45, 7) is 8.39. The van der Waals surface area contributed by atoms with Crippen molar-refractivity contribution in [3.63, 3.8) is 0 Å². The number of urea groups is 1. The average molecular weight is 258 g/mol. The summed E-state index contributed by atoms with van der Waals surface area (Å²) >= 11 is 0. The molecule has 1 rings (SSSR count). The molecule has 0 aromatic rings. The van der Waals surface area contributed by atoms with Gasteiger partial charge in [0.15, 0.2) is 0 Å². The molecule has 1 heterocycles. The number of carbonyl (C=O) groups excluding carboxylic acids is 1. The molecule has 2 amide bonds. The van der Waals surface area contributed by atoms with Gasteiger partial charge in [-0.15, -0.1) is 0 Å². The molecule has 2 N–H and O–H groups in total. The van der Waals surface area contributed by atoms with Crippen molar-refractivity contribution in [2.24, 2.45) is 0 Å². The van der Waals surface area contributed by atoms with E-state index in [9.17, 15) is 9.59 Å². The first-order valence-electron chi connectivity index (χ1n) is 6.21. The highest BCUT2D eigenvalue weighted by Gasteiger charge is 2.34. The highest BCUT2D eigenvalue weighted by molar-refractivity contribution is 5.82. The van der Waals surface area contributed by atoms with E-state index in [0.29, 0.717) is 19.5 Å². The first-order valence-corrected chi connectivity index (χ1v) is 6.21. The van der Waals surface area contributed by atoms with Crippen LogP contribution in [0.4, 0.5) is 4.79 Å². The molecule has 0 saturated carbocycles. The van der Waals surface area contributed by atoms with Crippen LogP contribution in [0.5, 0.6) is 0 Å². The maximum absolute atomic E-state index is 12.0. The van der Waals surface area contributed by atoms with Gasteiger partial charge in [-0.1, -0.05) is 6.92 Å². The predicted molar refractivity (Wildman–Crippen MR) is 66.4 cm³/mol. The summed E-state index contributed by atoms with van der Waals surface area (Å²) in [6, 6.07) is -1.17. The molecule has 1 aliphatic rings. The summed E-state index contributed by atoms with van der Waals surface area (Å²) in [5.74, 6) is -1.01.